The molecule has 2 aromatic carbocycles. The van der Waals surface area contributed by atoms with E-state index >= 15 is 0 Å². The highest BCUT2D eigenvalue weighted by molar-refractivity contribution is 6.39. The molecule has 4 fully saturated rings. The Morgan fingerprint density at radius 2 is 1.52 bits per heavy atom. The number of piperazine rings is 1. The summed E-state index contributed by atoms with van der Waals surface area (Å²) in [6.45, 7) is 14.8. The zero-order valence-corrected chi connectivity index (χ0v) is 75.8. The molecule has 1 saturated carbocycles. The van der Waals surface area contributed by atoms with E-state index in [1.165, 1.54) is 26.4 Å². The number of likely N-dealkylation sites (N-methyl/N-ethyl adjacent to an activating group) is 1. The fraction of sp³-hybridized carbons (Fsp3) is 0.581. The number of anilines is 3. The first-order valence-corrected chi connectivity index (χ1v) is 45.2. The van der Waals surface area contributed by atoms with Crippen LogP contribution in [0.25, 0.3) is 33.4 Å². The number of aliphatic hydroxyl groups excluding tert-OH is 2. The van der Waals surface area contributed by atoms with Crippen molar-refractivity contribution in [2.45, 2.75) is 212 Å². The van der Waals surface area contributed by atoms with Gasteiger partial charge in [-0.15, -0.1) is 0 Å². The standard InChI is InChI=1S/C93H127N17O20/c1-55-15-11-10-12-16-56(2)74(123-8)45-67-23-18-60(6)93(122,130-67)85(118)88(119)109-29-14-13-17-70(109)89(120)127-75(46-71(111)57(3)40-59(5)83(116)84(117)82(115)58(4)39-55)68(94)42-61-20-24-73(76(43-61)124-9)129-92(121)100-49-63-47-98-91(99-48-63)107-33-31-106(32-34-107)79(114)53-105(7)52-77(112)97-28-36-126-38-37-125-35-27-78(113)108-30-26-64-41-62(19-21-66(64)51-108)50-110-87-80(86(95)101-54-102-87)81(104-110)65-22-25-72-69(44-65)103-90(96)128-72/h10-12,15-16,19,21-22,25,40-41,44,47-48,54-55,57-58,60-61,67-68,70,73-76,83-84,116-117,122H,13-14,17-18,20,23-24,26-39,42-43,45-46,49-53,94H2,1-9H3,(H2,96,103)(H,97,112)(H,100,121)(H2,95,101,102)/b12-10?,15-11+,56-16?,59-40+/t55-,57-,58-,60-,61+,67+,68-,70+,73-,74+,75+,76-,83-,84+,93-/m1/s1. The molecule has 130 heavy (non-hydrogen) atoms. The van der Waals surface area contributed by atoms with Crippen LogP contribution in [0.3, 0.4) is 0 Å². The molecule has 37 heteroatoms. The number of nitrogens with zero attached hydrogens (tertiary/aromatic N) is 12. The van der Waals surface area contributed by atoms with Gasteiger partial charge < -0.3 is 100 Å². The van der Waals surface area contributed by atoms with Gasteiger partial charge in [0.1, 0.15) is 59.6 Å². The van der Waals surface area contributed by atoms with Crippen molar-refractivity contribution in [1.82, 2.24) is 64.9 Å². The Labute approximate surface area is 756 Å². The minimum absolute atomic E-state index is 0.00265. The fourth-order valence-corrected chi connectivity index (χ4v) is 18.0. The monoisotopic (exact) mass is 1800 g/mol. The second-order valence-corrected chi connectivity index (χ2v) is 35.4. The van der Waals surface area contributed by atoms with Gasteiger partial charge in [0.2, 0.25) is 29.5 Å². The molecule has 11 N–H and O–H groups in total. The number of methoxy groups -OCH3 is 2. The van der Waals surface area contributed by atoms with Crippen molar-refractivity contribution in [3.8, 4) is 11.3 Å². The maximum absolute atomic E-state index is 14.7. The summed E-state index contributed by atoms with van der Waals surface area (Å²) in [6.07, 6.45) is 11.8. The van der Waals surface area contributed by atoms with Crippen molar-refractivity contribution in [2.24, 2.45) is 35.3 Å². The average Bonchev–Trinajstić information content (AvgIpc) is 1.50. The lowest BCUT2D eigenvalue weighted by Gasteiger charge is -2.42. The van der Waals surface area contributed by atoms with E-state index in [2.05, 4.69) is 47.7 Å². The number of cyclic esters (lactones) is 1. The number of oxazole rings is 1. The van der Waals surface area contributed by atoms with E-state index in [1.807, 2.05) is 76.9 Å². The van der Waals surface area contributed by atoms with Gasteiger partial charge in [-0.05, 0) is 149 Å². The third-order valence-corrected chi connectivity index (χ3v) is 25.7. The summed E-state index contributed by atoms with van der Waals surface area (Å²) in [5.41, 5.74) is 27.2. The number of ether oxygens (including phenoxy) is 7. The fourth-order valence-electron chi connectivity index (χ4n) is 18.0. The quantitative estimate of drug-likeness (QED) is 0.0145. The number of hydrogen-bond acceptors (Lipinski definition) is 31. The number of Topliss-reactive ketones (excluding diaryl/α,β-unsaturated/α-hetero) is 3. The maximum Gasteiger partial charge on any atom is 0.407 e. The average molecular weight is 1800 g/mol. The van der Waals surface area contributed by atoms with Gasteiger partial charge in [-0.3, -0.25) is 38.5 Å². The number of allylic oxidation sites excluding steroid dienone is 6. The van der Waals surface area contributed by atoms with Crippen LogP contribution in [-0.4, -0.2) is 290 Å². The number of nitrogens with one attached hydrogen (secondary N) is 2. The summed E-state index contributed by atoms with van der Waals surface area (Å²) < 4.78 is 48.9. The molecule has 0 unspecified atom stereocenters. The number of rotatable bonds is 25. The first kappa shape index (κ1) is 98.2. The first-order chi connectivity index (χ1) is 62.3. The van der Waals surface area contributed by atoms with Gasteiger partial charge in [0, 0.05) is 133 Å². The normalized spacial score (nSPS) is 26.7. The molecule has 0 spiro atoms. The third-order valence-electron chi connectivity index (χ3n) is 25.7. The van der Waals surface area contributed by atoms with Crippen molar-refractivity contribution in [2.75, 3.05) is 123 Å². The number of aliphatic hydroxyl groups is 3. The molecule has 1 aliphatic carbocycles. The van der Waals surface area contributed by atoms with Crippen LogP contribution < -0.4 is 32.7 Å². The molecule has 9 heterocycles. The molecule has 4 aromatic heterocycles. The molecule has 3 saturated heterocycles. The molecule has 15 atom stereocenters. The number of carbonyl (C=O) groups is 9. The number of esters is 1. The predicted molar refractivity (Wildman–Crippen MR) is 480 cm³/mol. The number of piperidine rings is 1. The lowest BCUT2D eigenvalue weighted by molar-refractivity contribution is -0.265. The van der Waals surface area contributed by atoms with Crippen LogP contribution >= 0.6 is 0 Å². The number of carbonyl (C=O) groups excluding carboxylic acids is 9. The van der Waals surface area contributed by atoms with E-state index in [0.29, 0.717) is 149 Å². The van der Waals surface area contributed by atoms with E-state index in [9.17, 15) is 58.5 Å². The van der Waals surface area contributed by atoms with E-state index in [0.717, 1.165) is 32.7 Å². The summed E-state index contributed by atoms with van der Waals surface area (Å²) in [5, 5.41) is 45.9. The Balaban J connectivity index is 0.542. The number of ketones is 3. The van der Waals surface area contributed by atoms with Crippen LogP contribution in [0.2, 0.25) is 0 Å². The Kier molecular flexibility index (Phi) is 34.6. The summed E-state index contributed by atoms with van der Waals surface area (Å²) in [6, 6.07) is 9.52. The van der Waals surface area contributed by atoms with Crippen LogP contribution in [0.5, 0.6) is 0 Å². The van der Waals surface area contributed by atoms with Crippen molar-refractivity contribution in [3.05, 3.63) is 125 Å². The number of hydrogen-bond donors (Lipinski definition) is 8. The van der Waals surface area contributed by atoms with Gasteiger partial charge in [0.05, 0.1) is 76.2 Å². The number of benzene rings is 2. The van der Waals surface area contributed by atoms with Crippen LogP contribution in [-0.2, 0) is 97.6 Å². The Bertz CT molecular complexity index is 5090. The van der Waals surface area contributed by atoms with Crippen LogP contribution in [0.15, 0.2) is 107 Å². The van der Waals surface area contributed by atoms with Gasteiger partial charge in [0.15, 0.2) is 17.0 Å². The minimum atomic E-state index is -2.52. The summed E-state index contributed by atoms with van der Waals surface area (Å²) >= 11 is 0. The van der Waals surface area contributed by atoms with Gasteiger partial charge in [-0.1, -0.05) is 82.4 Å². The smallest absolute Gasteiger partial charge is 0.407 e. The van der Waals surface area contributed by atoms with E-state index in [4.69, 9.17) is 59.9 Å². The Hall–Kier alpha value is -10.9. The van der Waals surface area contributed by atoms with Gasteiger partial charge in [0.25, 0.3) is 17.7 Å². The van der Waals surface area contributed by atoms with Gasteiger partial charge in [-0.2, -0.15) is 10.1 Å². The summed E-state index contributed by atoms with van der Waals surface area (Å²) in [7, 11) is 4.75. The van der Waals surface area contributed by atoms with Crippen LogP contribution in [0, 0.1) is 29.6 Å². The lowest BCUT2D eigenvalue weighted by atomic mass is 9.80. The molecule has 704 valence electrons. The number of nitrogen functional groups attached to an aromatic ring is 2. The Morgan fingerprint density at radius 3 is 2.28 bits per heavy atom. The van der Waals surface area contributed by atoms with Gasteiger partial charge in [-0.25, -0.2) is 34.2 Å². The highest BCUT2D eigenvalue weighted by Gasteiger charge is 2.53. The second kappa shape index (κ2) is 45.8. The van der Waals surface area contributed by atoms with E-state index in [-0.39, 0.29) is 126 Å². The molecule has 5 aliphatic heterocycles. The van der Waals surface area contributed by atoms with Gasteiger partial charge >= 0.3 is 12.1 Å². The van der Waals surface area contributed by atoms with Crippen LogP contribution in [0.4, 0.5) is 22.6 Å². The molecular formula is C93H127N17O20. The first-order valence-electron chi connectivity index (χ1n) is 45.2. The molecule has 0 radical (unpaired) electrons. The molecule has 6 aromatic rings. The van der Waals surface area contributed by atoms with E-state index in [1.54, 1.807) is 63.2 Å². The number of fused-ring (bicyclic) bond motifs is 6. The molecule has 5 amide bonds. The van der Waals surface area contributed by atoms with Crippen molar-refractivity contribution >= 4 is 93.0 Å². The van der Waals surface area contributed by atoms with Crippen molar-refractivity contribution in [1.29, 1.82) is 0 Å². The highest BCUT2D eigenvalue weighted by atomic mass is 16.6. The zero-order chi connectivity index (χ0) is 93.0. The number of nitrogens with two attached hydrogens (primary N) is 3. The number of alkyl carbamates (subject to hydrolysis) is 1. The van der Waals surface area contributed by atoms with Crippen molar-refractivity contribution in [3.63, 3.8) is 0 Å². The lowest BCUT2D eigenvalue weighted by Crippen LogP contribution is -2.61. The molecule has 6 aliphatic rings. The Morgan fingerprint density at radius 1 is 0.754 bits per heavy atom. The largest absolute Gasteiger partial charge is 0.459 e. The predicted octanol–water partition coefficient (Wildman–Crippen LogP) is 5.81. The zero-order valence-electron chi connectivity index (χ0n) is 75.8. The number of aromatic nitrogens is 7. The minimum Gasteiger partial charge on any atom is -0.459 e. The van der Waals surface area contributed by atoms with E-state index < -0.39 is 120 Å². The third kappa shape index (κ3) is 25.5. The van der Waals surface area contributed by atoms with Crippen molar-refractivity contribution < 1.29 is 96.0 Å². The SMILES string of the molecule is CO[C@H]1C[C@@H]2CC[C@@H](C)[C@@](O)(O2)C(=O)C(=O)N2CCCC[C@H]2C(=O)O[C@H]([C@H](N)C[C@@H]2CC[C@@H](OC(=O)NCc3cnc(N4CCN(C(=O)CN(C)CC(=O)NCCOCCOCCC(=O)N5CCc6cc(Cn7nc(-c8ccc9oc(N)nc9c8)c8c(N)ncnc87)ccc6C5)CC4)nc3)[C@H](OC)C2)CC(=O)[C@H](C)/C=C(\C)[C@@H](O)[C@@H](O)C(=O)[C@H](C)C[C@H](C)/C=C/C=CC=C1C. The topological polar surface area (TPSA) is 493 Å². The molecule has 12 rings (SSSR count). The molecule has 2 bridgehead atoms. The van der Waals surface area contributed by atoms with Crippen LogP contribution in [0.1, 0.15) is 147 Å². The molecule has 37 nitrogen and oxygen atoms in total. The summed E-state index contributed by atoms with van der Waals surface area (Å²) in [4.78, 5) is 155. The maximum atomic E-state index is 14.7. The second-order valence-electron chi connectivity index (χ2n) is 35.4. The highest BCUT2D eigenvalue weighted by Crippen LogP contribution is 2.39. The number of amides is 5. The summed E-state index contributed by atoms with van der Waals surface area (Å²) in [5.74, 6) is -9.10. The molecular weight excluding hydrogens is 1680 g/mol.